The zero-order chi connectivity index (χ0) is 18.7. The van der Waals surface area contributed by atoms with E-state index in [9.17, 15) is 9.59 Å². The van der Waals surface area contributed by atoms with Crippen molar-refractivity contribution in [1.82, 2.24) is 14.9 Å². The van der Waals surface area contributed by atoms with Gasteiger partial charge in [-0.05, 0) is 43.7 Å². The van der Waals surface area contributed by atoms with E-state index in [1.807, 2.05) is 24.3 Å². The van der Waals surface area contributed by atoms with E-state index in [4.69, 9.17) is 5.11 Å². The monoisotopic (exact) mass is 351 g/mol. The molecule has 0 bridgehead atoms. The summed E-state index contributed by atoms with van der Waals surface area (Å²) >= 11 is 0. The van der Waals surface area contributed by atoms with Crippen molar-refractivity contribution >= 4 is 22.9 Å². The molecule has 134 valence electrons. The van der Waals surface area contributed by atoms with Crippen LogP contribution < -0.4 is 5.32 Å². The quantitative estimate of drug-likeness (QED) is 0.714. The van der Waals surface area contributed by atoms with Gasteiger partial charge in [0.05, 0.1) is 29.6 Å². The lowest BCUT2D eigenvalue weighted by molar-refractivity contribution is -0.120. The fraction of sp³-hybridized carbons (Fsp3) is 0.250. The number of fused-ring (bicyclic) bond motifs is 1. The largest absolute Gasteiger partial charge is 0.478 e. The van der Waals surface area contributed by atoms with Crippen LogP contribution in [0.15, 0.2) is 48.5 Å². The number of rotatable bonds is 6. The second-order valence-electron chi connectivity index (χ2n) is 6.44. The Labute approximate surface area is 151 Å². The second kappa shape index (κ2) is 7.39. The van der Waals surface area contributed by atoms with Gasteiger partial charge in [-0.3, -0.25) is 4.79 Å². The van der Waals surface area contributed by atoms with Gasteiger partial charge in [-0.15, -0.1) is 0 Å². The number of carbonyl (C=O) groups excluding carboxylic acids is 1. The molecule has 0 saturated heterocycles. The molecule has 3 rings (SSSR count). The molecule has 2 aromatic carbocycles. The number of carbonyl (C=O) groups is 2. The first kappa shape index (κ1) is 17.7. The lowest BCUT2D eigenvalue weighted by Gasteiger charge is -2.13. The molecule has 0 fully saturated rings. The van der Waals surface area contributed by atoms with Crippen LogP contribution >= 0.6 is 0 Å². The van der Waals surface area contributed by atoms with Gasteiger partial charge in [0.1, 0.15) is 5.82 Å². The van der Waals surface area contributed by atoms with Crippen molar-refractivity contribution in [2.75, 3.05) is 0 Å². The number of hydrogen-bond donors (Lipinski definition) is 2. The third-order valence-corrected chi connectivity index (χ3v) is 4.17. The van der Waals surface area contributed by atoms with Crippen LogP contribution in [0.4, 0.5) is 0 Å². The summed E-state index contributed by atoms with van der Waals surface area (Å²) in [6.07, 6.45) is 0.128. The predicted molar refractivity (Wildman–Crippen MR) is 99.1 cm³/mol. The highest BCUT2D eigenvalue weighted by atomic mass is 16.4. The van der Waals surface area contributed by atoms with Gasteiger partial charge in [0.15, 0.2) is 0 Å². The van der Waals surface area contributed by atoms with Crippen LogP contribution in [0.2, 0.25) is 0 Å². The van der Waals surface area contributed by atoms with Crippen molar-refractivity contribution in [2.24, 2.45) is 0 Å². The normalized spacial score (nSPS) is 11.0. The smallest absolute Gasteiger partial charge is 0.335 e. The molecule has 0 radical (unpaired) electrons. The molecule has 0 saturated carbocycles. The van der Waals surface area contributed by atoms with Gasteiger partial charge < -0.3 is 15.0 Å². The number of para-hydroxylation sites is 2. The van der Waals surface area contributed by atoms with Crippen molar-refractivity contribution in [1.29, 1.82) is 0 Å². The van der Waals surface area contributed by atoms with E-state index in [0.29, 0.717) is 12.1 Å². The Bertz CT molecular complexity index is 960. The van der Waals surface area contributed by atoms with Crippen LogP contribution in [0.25, 0.3) is 11.0 Å². The lowest BCUT2D eigenvalue weighted by Crippen LogP contribution is -2.26. The molecule has 1 amide bonds. The first-order valence-corrected chi connectivity index (χ1v) is 8.50. The average Bonchev–Trinajstić information content (AvgIpc) is 2.98. The highest BCUT2D eigenvalue weighted by molar-refractivity contribution is 5.88. The van der Waals surface area contributed by atoms with Crippen molar-refractivity contribution in [3.63, 3.8) is 0 Å². The van der Waals surface area contributed by atoms with Crippen LogP contribution in [-0.4, -0.2) is 26.5 Å². The maximum Gasteiger partial charge on any atom is 0.335 e. The molecule has 6 heteroatoms. The molecular weight excluding hydrogens is 330 g/mol. The topological polar surface area (TPSA) is 84.2 Å². The summed E-state index contributed by atoms with van der Waals surface area (Å²) in [5.41, 5.74) is 2.79. The van der Waals surface area contributed by atoms with Crippen LogP contribution in [0.1, 0.15) is 41.6 Å². The number of aromatic nitrogens is 2. The zero-order valence-electron chi connectivity index (χ0n) is 14.8. The van der Waals surface area contributed by atoms with Crippen molar-refractivity contribution < 1.29 is 14.7 Å². The molecular formula is C20H21N3O3. The third-order valence-electron chi connectivity index (χ3n) is 4.17. The van der Waals surface area contributed by atoms with Crippen molar-refractivity contribution in [3.05, 3.63) is 65.5 Å². The molecule has 26 heavy (non-hydrogen) atoms. The SMILES string of the molecule is CC(C)n1c(CNC(=O)Cc2cccc(C(=O)O)c2)nc2ccccc21. The van der Waals surface area contributed by atoms with Gasteiger partial charge >= 0.3 is 5.97 Å². The number of hydrogen-bond acceptors (Lipinski definition) is 3. The highest BCUT2D eigenvalue weighted by Crippen LogP contribution is 2.20. The summed E-state index contributed by atoms with van der Waals surface area (Å²) in [7, 11) is 0. The standard InChI is InChI=1S/C20H21N3O3/c1-13(2)23-17-9-4-3-8-16(17)22-18(23)12-21-19(24)11-14-6-5-7-15(10-14)20(25)26/h3-10,13H,11-12H2,1-2H3,(H,21,24)(H,25,26). The molecule has 0 aliphatic carbocycles. The Balaban J connectivity index is 1.72. The summed E-state index contributed by atoms with van der Waals surface area (Å²) in [5.74, 6) is -0.373. The van der Waals surface area contributed by atoms with E-state index in [-0.39, 0.29) is 23.9 Å². The number of amides is 1. The van der Waals surface area contributed by atoms with Gasteiger partial charge in [0.2, 0.25) is 5.91 Å². The third kappa shape index (κ3) is 3.74. The Morgan fingerprint density at radius 1 is 1.15 bits per heavy atom. The minimum Gasteiger partial charge on any atom is -0.478 e. The van der Waals surface area contributed by atoms with Gasteiger partial charge in [-0.2, -0.15) is 0 Å². The molecule has 0 aliphatic rings. The number of aromatic carboxylic acids is 1. The van der Waals surface area contributed by atoms with E-state index in [1.54, 1.807) is 12.1 Å². The lowest BCUT2D eigenvalue weighted by atomic mass is 10.1. The molecule has 0 atom stereocenters. The first-order chi connectivity index (χ1) is 12.5. The van der Waals surface area contributed by atoms with E-state index in [1.165, 1.54) is 12.1 Å². The summed E-state index contributed by atoms with van der Waals surface area (Å²) in [6, 6.07) is 14.5. The molecule has 2 N–H and O–H groups in total. The van der Waals surface area contributed by atoms with Gasteiger partial charge in [0.25, 0.3) is 0 Å². The fourth-order valence-electron chi connectivity index (χ4n) is 3.04. The summed E-state index contributed by atoms with van der Waals surface area (Å²) < 4.78 is 2.11. The minimum absolute atomic E-state index is 0.128. The van der Waals surface area contributed by atoms with Crippen LogP contribution in [0.3, 0.4) is 0 Å². The van der Waals surface area contributed by atoms with Crippen molar-refractivity contribution in [2.45, 2.75) is 32.9 Å². The molecule has 0 spiro atoms. The number of imidazole rings is 1. The fourth-order valence-corrected chi connectivity index (χ4v) is 3.04. The number of nitrogens with zero attached hydrogens (tertiary/aromatic N) is 2. The maximum absolute atomic E-state index is 12.3. The molecule has 1 heterocycles. The first-order valence-electron chi connectivity index (χ1n) is 8.50. The second-order valence-corrected chi connectivity index (χ2v) is 6.44. The predicted octanol–water partition coefficient (Wildman–Crippen LogP) is 3.17. The average molecular weight is 351 g/mol. The van der Waals surface area contributed by atoms with Crippen LogP contribution in [0.5, 0.6) is 0 Å². The number of nitrogens with one attached hydrogen (secondary N) is 1. The molecule has 1 aromatic heterocycles. The molecule has 0 unspecified atom stereocenters. The number of benzene rings is 2. The summed E-state index contributed by atoms with van der Waals surface area (Å²) in [5, 5.41) is 11.9. The van der Waals surface area contributed by atoms with Gasteiger partial charge in [-0.25, -0.2) is 9.78 Å². The van der Waals surface area contributed by atoms with E-state index < -0.39 is 5.97 Å². The van der Waals surface area contributed by atoms with Gasteiger partial charge in [-0.1, -0.05) is 24.3 Å². The number of carboxylic acid groups (broad SMARTS) is 1. The van der Waals surface area contributed by atoms with Crippen LogP contribution in [-0.2, 0) is 17.8 Å². The Kier molecular flexibility index (Phi) is 5.02. The molecule has 6 nitrogen and oxygen atoms in total. The summed E-state index contributed by atoms with van der Waals surface area (Å²) in [6.45, 7) is 4.48. The Morgan fingerprint density at radius 3 is 2.65 bits per heavy atom. The summed E-state index contributed by atoms with van der Waals surface area (Å²) in [4.78, 5) is 27.9. The zero-order valence-corrected chi connectivity index (χ0v) is 14.8. The Morgan fingerprint density at radius 2 is 1.92 bits per heavy atom. The van der Waals surface area contributed by atoms with E-state index >= 15 is 0 Å². The maximum atomic E-state index is 12.3. The van der Waals surface area contributed by atoms with Gasteiger partial charge in [0, 0.05) is 6.04 Å². The molecule has 0 aliphatic heterocycles. The highest BCUT2D eigenvalue weighted by Gasteiger charge is 2.14. The van der Waals surface area contributed by atoms with E-state index in [2.05, 4.69) is 28.7 Å². The van der Waals surface area contributed by atoms with Crippen molar-refractivity contribution in [3.8, 4) is 0 Å². The number of carboxylic acids is 1. The van der Waals surface area contributed by atoms with E-state index in [0.717, 1.165) is 16.9 Å². The van der Waals surface area contributed by atoms with Crippen LogP contribution in [0, 0.1) is 0 Å². The molecule has 3 aromatic rings. The minimum atomic E-state index is -1.00. The Hall–Kier alpha value is -3.15.